The lowest BCUT2D eigenvalue weighted by Gasteiger charge is -2.32. The molecule has 0 saturated carbocycles. The fourth-order valence-corrected chi connectivity index (χ4v) is 2.52. The normalized spacial score (nSPS) is 18.6. The number of carbonyl (C=O) groups excluding carboxylic acids is 1. The molecule has 1 aromatic carbocycles. The molecule has 136 valence electrons. The zero-order valence-electron chi connectivity index (χ0n) is 15.8. The zero-order chi connectivity index (χ0) is 18.3. The fourth-order valence-electron chi connectivity index (χ4n) is 2.52. The van der Waals surface area contributed by atoms with Crippen LogP contribution in [0.15, 0.2) is 42.4 Å². The second-order valence-electron chi connectivity index (χ2n) is 7.44. The number of unbranched alkanes of at least 4 members (excludes halogenated alkanes) is 2. The number of allylic oxidation sites excluding steroid dienone is 1. The Morgan fingerprint density at radius 3 is 2.36 bits per heavy atom. The fraction of sp³-hybridized carbons (Fsp3) is 0.550. The monoisotopic (exact) mass is 344 g/mol. The van der Waals surface area contributed by atoms with Gasteiger partial charge in [-0.15, -0.1) is 0 Å². The van der Waals surface area contributed by atoms with Crippen molar-refractivity contribution in [2.45, 2.75) is 71.2 Å². The van der Waals surface area contributed by atoms with Gasteiger partial charge in [0, 0.05) is 6.42 Å². The molecule has 5 heteroatoms. The van der Waals surface area contributed by atoms with Gasteiger partial charge in [-0.1, -0.05) is 42.4 Å². The third-order valence-corrected chi connectivity index (χ3v) is 4.81. The van der Waals surface area contributed by atoms with Crippen LogP contribution in [0, 0.1) is 0 Å². The van der Waals surface area contributed by atoms with Crippen LogP contribution < -0.4 is 0 Å². The number of benzene rings is 1. The van der Waals surface area contributed by atoms with E-state index < -0.39 is 0 Å². The first-order valence-electron chi connectivity index (χ1n) is 9.02. The molecule has 1 heterocycles. The summed E-state index contributed by atoms with van der Waals surface area (Å²) in [5.74, 6) is 1.82. The minimum atomic E-state index is -0.301. The summed E-state index contributed by atoms with van der Waals surface area (Å²) in [6.45, 7) is 8.52. The molecule has 1 aliphatic heterocycles. The van der Waals surface area contributed by atoms with Gasteiger partial charge in [-0.25, -0.2) is 0 Å². The molecular formula is C20H29BO4. The molecule has 1 fully saturated rings. The van der Waals surface area contributed by atoms with Crippen LogP contribution in [0.1, 0.15) is 58.9 Å². The number of rotatable bonds is 8. The smallest absolute Gasteiger partial charge is 0.461 e. The first kappa shape index (κ1) is 19.7. The van der Waals surface area contributed by atoms with Crippen molar-refractivity contribution in [1.29, 1.82) is 0 Å². The van der Waals surface area contributed by atoms with E-state index in [0.29, 0.717) is 13.0 Å². The van der Waals surface area contributed by atoms with Crippen LogP contribution in [0.3, 0.4) is 0 Å². The Labute approximate surface area is 151 Å². The molecule has 0 aromatic heterocycles. The molecular weight excluding hydrogens is 315 g/mol. The average Bonchev–Trinajstić information content (AvgIpc) is 2.77. The van der Waals surface area contributed by atoms with Gasteiger partial charge in [0.25, 0.3) is 0 Å². The van der Waals surface area contributed by atoms with Crippen molar-refractivity contribution >= 4 is 13.1 Å². The van der Waals surface area contributed by atoms with Gasteiger partial charge in [0.1, 0.15) is 6.61 Å². The maximum Gasteiger partial charge on any atom is 0.486 e. The SMILES string of the molecule is CC1(C)OB(/C=C/CCCCC(=O)OCc2ccccc2)OC1(C)C. The van der Waals surface area contributed by atoms with Gasteiger partial charge in [0.05, 0.1) is 11.2 Å². The predicted molar refractivity (Wildman–Crippen MR) is 99.9 cm³/mol. The van der Waals surface area contributed by atoms with Crippen LogP contribution in [-0.2, 0) is 25.4 Å². The second-order valence-corrected chi connectivity index (χ2v) is 7.44. The maximum atomic E-state index is 11.7. The summed E-state index contributed by atoms with van der Waals surface area (Å²) in [7, 11) is -0.291. The largest absolute Gasteiger partial charge is 0.486 e. The van der Waals surface area contributed by atoms with Gasteiger partial charge >= 0.3 is 13.1 Å². The van der Waals surface area contributed by atoms with E-state index in [9.17, 15) is 4.79 Å². The van der Waals surface area contributed by atoms with E-state index in [4.69, 9.17) is 14.0 Å². The molecule has 0 aliphatic carbocycles. The molecule has 1 aliphatic rings. The summed E-state index contributed by atoms with van der Waals surface area (Å²) >= 11 is 0. The molecule has 0 spiro atoms. The highest BCUT2D eigenvalue weighted by Gasteiger charge is 2.49. The summed E-state index contributed by atoms with van der Waals surface area (Å²) in [6, 6.07) is 9.73. The summed E-state index contributed by atoms with van der Waals surface area (Å²) in [5.41, 5.74) is 0.413. The topological polar surface area (TPSA) is 44.8 Å². The van der Waals surface area contributed by atoms with Gasteiger partial charge in [-0.05, 0) is 52.5 Å². The second kappa shape index (κ2) is 8.68. The third kappa shape index (κ3) is 6.01. The van der Waals surface area contributed by atoms with Crippen molar-refractivity contribution in [2.75, 3.05) is 0 Å². The van der Waals surface area contributed by atoms with E-state index in [1.54, 1.807) is 0 Å². The lowest BCUT2D eigenvalue weighted by molar-refractivity contribution is -0.145. The first-order valence-corrected chi connectivity index (χ1v) is 9.02. The van der Waals surface area contributed by atoms with E-state index in [0.717, 1.165) is 24.8 Å². The summed E-state index contributed by atoms with van der Waals surface area (Å²) in [5, 5.41) is 0. The van der Waals surface area contributed by atoms with E-state index in [-0.39, 0.29) is 24.3 Å². The van der Waals surface area contributed by atoms with Crippen molar-refractivity contribution < 1.29 is 18.8 Å². The highest BCUT2D eigenvalue weighted by Crippen LogP contribution is 2.36. The van der Waals surface area contributed by atoms with Gasteiger partial charge in [-0.2, -0.15) is 0 Å². The van der Waals surface area contributed by atoms with Crippen molar-refractivity contribution in [3.05, 3.63) is 47.9 Å². The van der Waals surface area contributed by atoms with Crippen LogP contribution in [0.2, 0.25) is 0 Å². The number of hydrogen-bond acceptors (Lipinski definition) is 4. The van der Waals surface area contributed by atoms with Crippen molar-refractivity contribution in [3.8, 4) is 0 Å². The van der Waals surface area contributed by atoms with Gasteiger partial charge in [-0.3, -0.25) is 4.79 Å². The molecule has 4 nitrogen and oxygen atoms in total. The minimum absolute atomic E-state index is 0.140. The Hall–Kier alpha value is -1.59. The Bertz CT molecular complexity index is 565. The van der Waals surface area contributed by atoms with Crippen LogP contribution in [0.25, 0.3) is 0 Å². The summed E-state index contributed by atoms with van der Waals surface area (Å²) < 4.78 is 17.1. The summed E-state index contributed by atoms with van der Waals surface area (Å²) in [4.78, 5) is 11.7. The minimum Gasteiger partial charge on any atom is -0.461 e. The molecule has 1 saturated heterocycles. The zero-order valence-corrected chi connectivity index (χ0v) is 15.8. The van der Waals surface area contributed by atoms with E-state index >= 15 is 0 Å². The van der Waals surface area contributed by atoms with Crippen molar-refractivity contribution in [3.63, 3.8) is 0 Å². The van der Waals surface area contributed by atoms with Crippen molar-refractivity contribution in [1.82, 2.24) is 0 Å². The average molecular weight is 344 g/mol. The van der Waals surface area contributed by atoms with Crippen LogP contribution in [-0.4, -0.2) is 24.3 Å². The molecule has 0 unspecified atom stereocenters. The quantitative estimate of drug-likeness (QED) is 0.396. The predicted octanol–water partition coefficient (Wildman–Crippen LogP) is 4.48. The highest BCUT2D eigenvalue weighted by molar-refractivity contribution is 6.51. The van der Waals surface area contributed by atoms with E-state index in [2.05, 4.69) is 6.08 Å². The van der Waals surface area contributed by atoms with Gasteiger partial charge in [0.15, 0.2) is 0 Å². The first-order chi connectivity index (χ1) is 11.8. The Morgan fingerprint density at radius 2 is 1.72 bits per heavy atom. The number of esters is 1. The van der Waals surface area contributed by atoms with Gasteiger partial charge < -0.3 is 14.0 Å². The standard InChI is InChI=1S/C20H29BO4/c1-19(2)20(3,4)25-21(24-19)15-11-6-5-10-14-18(22)23-16-17-12-8-7-9-13-17/h7-9,11-13,15H,5-6,10,14,16H2,1-4H3/b15-11+. The van der Waals surface area contributed by atoms with Crippen LogP contribution in [0.4, 0.5) is 0 Å². The maximum absolute atomic E-state index is 11.7. The highest BCUT2D eigenvalue weighted by atomic mass is 16.7. The van der Waals surface area contributed by atoms with E-state index in [1.807, 2.05) is 64.0 Å². The molecule has 0 atom stereocenters. The Morgan fingerprint density at radius 1 is 1.08 bits per heavy atom. The van der Waals surface area contributed by atoms with Gasteiger partial charge in [0.2, 0.25) is 0 Å². The molecule has 1 aromatic rings. The number of hydrogen-bond donors (Lipinski definition) is 0. The third-order valence-electron chi connectivity index (χ3n) is 4.81. The number of carbonyl (C=O) groups is 1. The summed E-state index contributed by atoms with van der Waals surface area (Å²) in [6.07, 6.45) is 5.18. The molecule has 0 amide bonds. The lowest BCUT2D eigenvalue weighted by atomic mass is 9.89. The Balaban J connectivity index is 1.57. The molecule has 2 rings (SSSR count). The Kier molecular flexibility index (Phi) is 6.85. The molecule has 0 radical (unpaired) electrons. The lowest BCUT2D eigenvalue weighted by Crippen LogP contribution is -2.41. The van der Waals surface area contributed by atoms with E-state index in [1.165, 1.54) is 0 Å². The van der Waals surface area contributed by atoms with Crippen LogP contribution >= 0.6 is 0 Å². The molecule has 0 bridgehead atoms. The number of ether oxygens (including phenoxy) is 1. The van der Waals surface area contributed by atoms with Crippen LogP contribution in [0.5, 0.6) is 0 Å². The van der Waals surface area contributed by atoms with Crippen molar-refractivity contribution in [2.24, 2.45) is 0 Å². The molecule has 25 heavy (non-hydrogen) atoms. The molecule has 0 N–H and O–H groups in total.